The first-order valence-corrected chi connectivity index (χ1v) is 10.9. The number of hydrogen-bond donors (Lipinski definition) is 0. The fourth-order valence-electron chi connectivity index (χ4n) is 0.782. The van der Waals surface area contributed by atoms with E-state index in [9.17, 15) is 0 Å². The molecule has 0 aliphatic heterocycles. The summed E-state index contributed by atoms with van der Waals surface area (Å²) in [6.45, 7) is 0. The van der Waals surface area contributed by atoms with Gasteiger partial charge in [0.15, 0.2) is 0 Å². The number of hydrogen-bond acceptors (Lipinski definition) is 4. The first-order valence-electron chi connectivity index (χ1n) is 4.07. The van der Waals surface area contributed by atoms with Crippen molar-refractivity contribution in [1.29, 1.82) is 0 Å². The third-order valence-corrected chi connectivity index (χ3v) is 8.27. The van der Waals surface area contributed by atoms with Crippen LogP contribution in [-0.2, 0) is 0 Å². The molecule has 0 radical (unpaired) electrons. The molecule has 0 fully saturated rings. The van der Waals surface area contributed by atoms with Gasteiger partial charge in [-0.3, -0.25) is 0 Å². The molecule has 0 aromatic carbocycles. The molecule has 0 aliphatic rings. The fraction of sp³-hybridized carbons (Fsp3) is 0. The van der Waals surface area contributed by atoms with Crippen LogP contribution < -0.4 is 9.18 Å². The number of halogens is 2. The Labute approximate surface area is 113 Å². The average Bonchev–Trinajstić information content (AvgIpc) is 2.30. The molecule has 0 spiro atoms. The van der Waals surface area contributed by atoms with Crippen molar-refractivity contribution >= 4 is 58.6 Å². The van der Waals surface area contributed by atoms with Crippen molar-refractivity contribution in [3.63, 3.8) is 0 Å². The van der Waals surface area contributed by atoms with Gasteiger partial charge in [0.05, 0.1) is 0 Å². The van der Waals surface area contributed by atoms with Gasteiger partial charge in [-0.25, -0.2) is 0 Å². The van der Waals surface area contributed by atoms with Crippen LogP contribution in [0.15, 0.2) is 24.3 Å². The Hall–Kier alpha value is -0.221. The van der Waals surface area contributed by atoms with Gasteiger partial charge in [-0.1, -0.05) is 0 Å². The van der Waals surface area contributed by atoms with Crippen LogP contribution in [0.2, 0.25) is 10.3 Å². The summed E-state index contributed by atoms with van der Waals surface area (Å²) in [6.07, 6.45) is 0. The molecule has 0 aliphatic carbocycles. The Balaban J connectivity index is 1.97. The fourth-order valence-corrected chi connectivity index (χ4v) is 5.97. The first kappa shape index (κ1) is 12.2. The normalized spacial score (nSPS) is 10.4. The Kier molecular flexibility index (Phi) is 4.53. The SMILES string of the molecule is Clc1ccc([Se][Se]c2ccc(Cl)nn2)nn1. The molecule has 0 atom stereocenters. The quantitative estimate of drug-likeness (QED) is 0.690. The molecule has 0 unspecified atom stereocenters. The molecule has 2 aromatic rings. The van der Waals surface area contributed by atoms with E-state index in [-0.39, 0.29) is 26.3 Å². The van der Waals surface area contributed by atoms with E-state index in [1.54, 1.807) is 12.1 Å². The Morgan fingerprint density at radius 1 is 0.688 bits per heavy atom. The van der Waals surface area contributed by atoms with E-state index in [1.807, 2.05) is 12.1 Å². The maximum absolute atomic E-state index is 5.65. The second-order valence-corrected chi connectivity index (χ2v) is 9.42. The Bertz CT molecular complexity index is 417. The van der Waals surface area contributed by atoms with Crippen LogP contribution in [0.5, 0.6) is 0 Å². The minimum absolute atomic E-state index is 0.243. The van der Waals surface area contributed by atoms with Crippen LogP contribution in [0, 0.1) is 0 Å². The maximum atomic E-state index is 5.65. The van der Waals surface area contributed by atoms with Gasteiger partial charge in [0.25, 0.3) is 0 Å². The van der Waals surface area contributed by atoms with Gasteiger partial charge in [-0.2, -0.15) is 0 Å². The number of aromatic nitrogens is 4. The van der Waals surface area contributed by atoms with E-state index >= 15 is 0 Å². The van der Waals surface area contributed by atoms with Crippen molar-refractivity contribution in [2.24, 2.45) is 0 Å². The number of nitrogens with zero attached hydrogens (tertiary/aromatic N) is 4. The van der Waals surface area contributed by atoms with Gasteiger partial charge in [0, 0.05) is 0 Å². The van der Waals surface area contributed by atoms with E-state index < -0.39 is 0 Å². The molecule has 8 heteroatoms. The summed E-state index contributed by atoms with van der Waals surface area (Å²) in [7, 11) is 0. The summed E-state index contributed by atoms with van der Waals surface area (Å²) >= 11 is 11.8. The van der Waals surface area contributed by atoms with Crippen LogP contribution in [0.4, 0.5) is 0 Å². The van der Waals surface area contributed by atoms with Gasteiger partial charge in [-0.05, 0) is 0 Å². The van der Waals surface area contributed by atoms with E-state index in [1.165, 1.54) is 0 Å². The van der Waals surface area contributed by atoms with Gasteiger partial charge in [0.2, 0.25) is 0 Å². The molecule has 16 heavy (non-hydrogen) atoms. The summed E-state index contributed by atoms with van der Waals surface area (Å²) in [5.74, 6) is 0. The third kappa shape index (κ3) is 3.66. The molecule has 0 N–H and O–H groups in total. The summed E-state index contributed by atoms with van der Waals surface area (Å²) in [6, 6.07) is 7.27. The van der Waals surface area contributed by atoms with Crippen molar-refractivity contribution < 1.29 is 0 Å². The second kappa shape index (κ2) is 5.92. The van der Waals surface area contributed by atoms with Crippen molar-refractivity contribution in [2.75, 3.05) is 0 Å². The van der Waals surface area contributed by atoms with Crippen LogP contribution in [0.25, 0.3) is 0 Å². The molecule has 4 nitrogen and oxygen atoms in total. The molecule has 0 amide bonds. The second-order valence-electron chi connectivity index (χ2n) is 2.56. The zero-order valence-electron chi connectivity index (χ0n) is 7.67. The van der Waals surface area contributed by atoms with Crippen LogP contribution in [0.3, 0.4) is 0 Å². The molecule has 2 aromatic heterocycles. The van der Waals surface area contributed by atoms with Gasteiger partial charge in [0.1, 0.15) is 0 Å². The average molecular weight is 385 g/mol. The summed E-state index contributed by atoms with van der Waals surface area (Å²) in [5, 5.41) is 16.4. The summed E-state index contributed by atoms with van der Waals surface area (Å²) < 4.78 is 1.93. The van der Waals surface area contributed by atoms with Crippen molar-refractivity contribution in [1.82, 2.24) is 20.4 Å². The predicted octanol–water partition coefficient (Wildman–Crippen LogP) is -0.152. The topological polar surface area (TPSA) is 51.6 Å². The number of rotatable bonds is 3. The Morgan fingerprint density at radius 3 is 1.44 bits per heavy atom. The van der Waals surface area contributed by atoms with Gasteiger partial charge in [-0.15, -0.1) is 0 Å². The molecule has 0 saturated heterocycles. The molecule has 0 bridgehead atoms. The van der Waals surface area contributed by atoms with Crippen LogP contribution in [0.1, 0.15) is 0 Å². The molecular formula is C8H4Cl2N4Se2. The van der Waals surface area contributed by atoms with Crippen LogP contribution >= 0.6 is 23.2 Å². The summed E-state index contributed by atoms with van der Waals surface area (Å²) in [5.41, 5.74) is 0. The van der Waals surface area contributed by atoms with E-state index in [4.69, 9.17) is 23.2 Å². The third-order valence-electron chi connectivity index (χ3n) is 1.43. The van der Waals surface area contributed by atoms with E-state index in [2.05, 4.69) is 20.4 Å². The standard InChI is InChI=1S/C8H4Cl2N4Se2/c9-5-1-3-7(13-11-5)15-16-8-4-2-6(10)12-14-8/h1-4H. The minimum atomic E-state index is 0.243. The molecule has 82 valence electrons. The molecule has 2 heterocycles. The van der Waals surface area contributed by atoms with E-state index in [0.717, 1.165) is 9.18 Å². The van der Waals surface area contributed by atoms with Crippen molar-refractivity contribution in [2.45, 2.75) is 0 Å². The van der Waals surface area contributed by atoms with Gasteiger partial charge < -0.3 is 0 Å². The summed E-state index contributed by atoms with van der Waals surface area (Å²) in [4.78, 5) is 0. The monoisotopic (exact) mass is 386 g/mol. The van der Waals surface area contributed by atoms with Gasteiger partial charge >= 0.3 is 114 Å². The molecule has 2 rings (SSSR count). The Morgan fingerprint density at radius 2 is 1.12 bits per heavy atom. The zero-order chi connectivity index (χ0) is 11.4. The van der Waals surface area contributed by atoms with E-state index in [0.29, 0.717) is 10.3 Å². The predicted molar refractivity (Wildman–Crippen MR) is 64.9 cm³/mol. The van der Waals surface area contributed by atoms with Crippen molar-refractivity contribution in [3.8, 4) is 0 Å². The zero-order valence-corrected chi connectivity index (χ0v) is 12.6. The molecular weight excluding hydrogens is 381 g/mol. The van der Waals surface area contributed by atoms with Crippen molar-refractivity contribution in [3.05, 3.63) is 34.6 Å². The van der Waals surface area contributed by atoms with Crippen LogP contribution in [-0.4, -0.2) is 46.7 Å². The molecule has 0 saturated carbocycles. The first-order chi connectivity index (χ1) is 7.74.